The fourth-order valence-corrected chi connectivity index (χ4v) is 2.25. The molecule has 0 aliphatic heterocycles. The maximum Gasteiger partial charge on any atom is 0.171 e. The van der Waals surface area contributed by atoms with Crippen molar-refractivity contribution in [3.63, 3.8) is 0 Å². The number of anilines is 1. The Morgan fingerprint density at radius 3 is 2.30 bits per heavy atom. The highest BCUT2D eigenvalue weighted by molar-refractivity contribution is 7.80. The molecular formula is C17H19FN2O2S. The van der Waals surface area contributed by atoms with E-state index in [4.69, 9.17) is 21.7 Å². The van der Waals surface area contributed by atoms with Crippen molar-refractivity contribution in [2.45, 2.75) is 13.5 Å². The van der Waals surface area contributed by atoms with Crippen LogP contribution in [0.1, 0.15) is 11.1 Å². The smallest absolute Gasteiger partial charge is 0.171 e. The van der Waals surface area contributed by atoms with E-state index in [-0.39, 0.29) is 5.82 Å². The van der Waals surface area contributed by atoms with Crippen molar-refractivity contribution in [2.24, 2.45) is 0 Å². The summed E-state index contributed by atoms with van der Waals surface area (Å²) >= 11 is 5.29. The quantitative estimate of drug-likeness (QED) is 0.817. The lowest BCUT2D eigenvalue weighted by atomic mass is 10.1. The van der Waals surface area contributed by atoms with Crippen LogP contribution in [0.3, 0.4) is 0 Å². The maximum atomic E-state index is 12.9. The largest absolute Gasteiger partial charge is 0.493 e. The first kappa shape index (κ1) is 17.0. The number of halogens is 1. The number of benzene rings is 2. The van der Waals surface area contributed by atoms with E-state index in [0.717, 1.165) is 16.8 Å². The van der Waals surface area contributed by atoms with E-state index < -0.39 is 0 Å². The first-order valence-electron chi connectivity index (χ1n) is 7.05. The normalized spacial score (nSPS) is 10.1. The van der Waals surface area contributed by atoms with Crippen molar-refractivity contribution >= 4 is 23.0 Å². The third-order valence-corrected chi connectivity index (χ3v) is 3.59. The van der Waals surface area contributed by atoms with Gasteiger partial charge in [-0.2, -0.15) is 0 Å². The summed E-state index contributed by atoms with van der Waals surface area (Å²) in [5, 5.41) is 6.69. The topological polar surface area (TPSA) is 42.5 Å². The molecule has 0 bridgehead atoms. The number of hydrogen-bond donors (Lipinski definition) is 2. The lowest BCUT2D eigenvalue weighted by Crippen LogP contribution is -2.28. The fraction of sp³-hybridized carbons (Fsp3) is 0.235. The van der Waals surface area contributed by atoms with Gasteiger partial charge in [-0.15, -0.1) is 0 Å². The van der Waals surface area contributed by atoms with Crippen LogP contribution in [-0.4, -0.2) is 19.3 Å². The second-order valence-electron chi connectivity index (χ2n) is 4.96. The molecule has 0 saturated heterocycles. The van der Waals surface area contributed by atoms with Crippen molar-refractivity contribution in [3.8, 4) is 11.5 Å². The Balaban J connectivity index is 2.01. The van der Waals surface area contributed by atoms with Crippen molar-refractivity contribution in [1.29, 1.82) is 0 Å². The average Bonchev–Trinajstić information content (AvgIpc) is 2.55. The monoisotopic (exact) mass is 334 g/mol. The van der Waals surface area contributed by atoms with Gasteiger partial charge in [0.2, 0.25) is 0 Å². The summed E-state index contributed by atoms with van der Waals surface area (Å²) in [5.41, 5.74) is 2.76. The third kappa shape index (κ3) is 4.56. The van der Waals surface area contributed by atoms with Gasteiger partial charge < -0.3 is 20.1 Å². The highest BCUT2D eigenvalue weighted by Crippen LogP contribution is 2.32. The van der Waals surface area contributed by atoms with Crippen molar-refractivity contribution in [3.05, 3.63) is 53.3 Å². The zero-order chi connectivity index (χ0) is 16.8. The summed E-state index contributed by atoms with van der Waals surface area (Å²) in [7, 11) is 3.18. The highest BCUT2D eigenvalue weighted by Gasteiger charge is 2.09. The summed E-state index contributed by atoms with van der Waals surface area (Å²) in [6.45, 7) is 2.46. The predicted molar refractivity (Wildman–Crippen MR) is 93.7 cm³/mol. The predicted octanol–water partition coefficient (Wildman–Crippen LogP) is 3.64. The van der Waals surface area contributed by atoms with E-state index >= 15 is 0 Å². The van der Waals surface area contributed by atoms with Gasteiger partial charge in [0.15, 0.2) is 16.6 Å². The molecule has 0 fully saturated rings. The summed E-state index contributed by atoms with van der Waals surface area (Å²) in [4.78, 5) is 0. The van der Waals surface area contributed by atoms with Crippen LogP contribution < -0.4 is 20.1 Å². The van der Waals surface area contributed by atoms with Crippen molar-refractivity contribution in [2.75, 3.05) is 19.5 Å². The minimum atomic E-state index is -0.254. The van der Waals surface area contributed by atoms with Crippen LogP contribution in [0.4, 0.5) is 10.1 Å². The Labute approximate surface area is 140 Å². The van der Waals surface area contributed by atoms with E-state index in [0.29, 0.717) is 23.2 Å². The number of hydrogen-bond acceptors (Lipinski definition) is 3. The third-order valence-electron chi connectivity index (χ3n) is 3.35. The molecule has 122 valence electrons. The molecule has 0 heterocycles. The lowest BCUT2D eigenvalue weighted by Gasteiger charge is -2.15. The first-order chi connectivity index (χ1) is 11.0. The standard InChI is InChI=1S/C17H19FN2O2S/c1-11-8-15(21-2)16(22-3)9-14(11)20-17(23)19-10-12-4-6-13(18)7-5-12/h4-9H,10H2,1-3H3,(H2,19,20,23). The molecule has 0 saturated carbocycles. The van der Waals surface area contributed by atoms with Gasteiger partial charge in [0.25, 0.3) is 0 Å². The molecule has 0 spiro atoms. The van der Waals surface area contributed by atoms with Crippen molar-refractivity contribution in [1.82, 2.24) is 5.32 Å². The Morgan fingerprint density at radius 2 is 1.70 bits per heavy atom. The van der Waals surface area contributed by atoms with Gasteiger partial charge >= 0.3 is 0 Å². The van der Waals surface area contributed by atoms with Crippen LogP contribution in [0, 0.1) is 12.7 Å². The van der Waals surface area contributed by atoms with E-state index in [1.165, 1.54) is 12.1 Å². The number of methoxy groups -OCH3 is 2. The van der Waals surface area contributed by atoms with Gasteiger partial charge in [-0.05, 0) is 48.5 Å². The van der Waals surface area contributed by atoms with E-state index in [1.807, 2.05) is 19.1 Å². The molecule has 0 aliphatic carbocycles. The number of thiocarbonyl (C=S) groups is 1. The van der Waals surface area contributed by atoms with Gasteiger partial charge in [0.05, 0.1) is 14.2 Å². The summed E-state index contributed by atoms with van der Waals surface area (Å²) in [6.07, 6.45) is 0. The molecule has 2 aromatic rings. The molecule has 0 radical (unpaired) electrons. The number of ether oxygens (including phenoxy) is 2. The molecular weight excluding hydrogens is 315 g/mol. The van der Waals surface area contributed by atoms with Crippen molar-refractivity contribution < 1.29 is 13.9 Å². The highest BCUT2D eigenvalue weighted by atomic mass is 32.1. The summed E-state index contributed by atoms with van der Waals surface area (Å²) in [6, 6.07) is 9.99. The van der Waals surface area contributed by atoms with E-state index in [2.05, 4.69) is 10.6 Å². The molecule has 0 aromatic heterocycles. The van der Waals surface area contributed by atoms with Crippen LogP contribution in [-0.2, 0) is 6.54 Å². The molecule has 0 unspecified atom stereocenters. The zero-order valence-corrected chi connectivity index (χ0v) is 14.1. The Morgan fingerprint density at radius 1 is 1.09 bits per heavy atom. The summed E-state index contributed by atoms with van der Waals surface area (Å²) in [5.74, 6) is 1.04. The van der Waals surface area contributed by atoms with E-state index in [9.17, 15) is 4.39 Å². The Kier molecular flexibility index (Phi) is 5.76. The molecule has 23 heavy (non-hydrogen) atoms. The molecule has 0 aliphatic rings. The van der Waals surface area contributed by atoms with Crippen LogP contribution in [0.5, 0.6) is 11.5 Å². The van der Waals surface area contributed by atoms with Gasteiger partial charge in [0.1, 0.15) is 5.82 Å². The number of nitrogens with one attached hydrogen (secondary N) is 2. The van der Waals surface area contributed by atoms with Crippen LogP contribution in [0.25, 0.3) is 0 Å². The molecule has 0 atom stereocenters. The molecule has 6 heteroatoms. The van der Waals surface area contributed by atoms with Crippen LogP contribution >= 0.6 is 12.2 Å². The molecule has 0 amide bonds. The molecule has 4 nitrogen and oxygen atoms in total. The van der Waals surface area contributed by atoms with Crippen LogP contribution in [0.2, 0.25) is 0 Å². The summed E-state index contributed by atoms with van der Waals surface area (Å²) < 4.78 is 23.4. The molecule has 2 aromatic carbocycles. The second kappa shape index (κ2) is 7.78. The maximum absolute atomic E-state index is 12.9. The minimum absolute atomic E-state index is 0.254. The molecule has 2 N–H and O–H groups in total. The Hall–Kier alpha value is -2.34. The fourth-order valence-electron chi connectivity index (χ4n) is 2.07. The van der Waals surface area contributed by atoms with Crippen LogP contribution in [0.15, 0.2) is 36.4 Å². The van der Waals surface area contributed by atoms with Gasteiger partial charge in [-0.25, -0.2) is 4.39 Å². The average molecular weight is 334 g/mol. The number of rotatable bonds is 5. The lowest BCUT2D eigenvalue weighted by molar-refractivity contribution is 0.355. The number of aryl methyl sites for hydroxylation is 1. The molecule has 2 rings (SSSR count). The van der Waals surface area contributed by atoms with E-state index in [1.54, 1.807) is 26.4 Å². The first-order valence-corrected chi connectivity index (χ1v) is 7.46. The Bertz CT molecular complexity index is 690. The van der Waals surface area contributed by atoms with Gasteiger partial charge in [-0.1, -0.05) is 12.1 Å². The van der Waals surface area contributed by atoms with Gasteiger partial charge in [-0.3, -0.25) is 0 Å². The zero-order valence-electron chi connectivity index (χ0n) is 13.3. The SMILES string of the molecule is COc1cc(C)c(NC(=S)NCc2ccc(F)cc2)cc1OC. The minimum Gasteiger partial charge on any atom is -0.493 e. The second-order valence-corrected chi connectivity index (χ2v) is 5.36. The van der Waals surface area contributed by atoms with Gasteiger partial charge in [0, 0.05) is 18.3 Å².